The Kier molecular flexibility index (Phi) is 3.85. The highest BCUT2D eigenvalue weighted by molar-refractivity contribution is 8.15. The second kappa shape index (κ2) is 5.28. The fourth-order valence-electron chi connectivity index (χ4n) is 2.47. The lowest BCUT2D eigenvalue weighted by atomic mass is 10.0. The number of hydrogen-bond acceptors (Lipinski definition) is 4. The van der Waals surface area contributed by atoms with Crippen molar-refractivity contribution in [2.24, 2.45) is 0 Å². The van der Waals surface area contributed by atoms with Crippen LogP contribution in [0.2, 0.25) is 0 Å². The van der Waals surface area contributed by atoms with Crippen LogP contribution in [0.5, 0.6) is 0 Å². The number of benzene rings is 1. The summed E-state index contributed by atoms with van der Waals surface area (Å²) >= 11 is 0.783. The van der Waals surface area contributed by atoms with E-state index in [9.17, 15) is 14.4 Å². The van der Waals surface area contributed by atoms with Gasteiger partial charge in [0.15, 0.2) is 0 Å². The molecule has 0 bridgehead atoms. The molecule has 20 heavy (non-hydrogen) atoms. The monoisotopic (exact) mass is 293 g/mol. The molecule has 5 nitrogen and oxygen atoms in total. The van der Waals surface area contributed by atoms with Crippen LogP contribution in [-0.4, -0.2) is 27.5 Å². The molecule has 6 heteroatoms. The molecule has 1 aromatic carbocycles. The first-order valence-electron chi connectivity index (χ1n) is 6.15. The summed E-state index contributed by atoms with van der Waals surface area (Å²) in [5.74, 6) is -1.53. The molecule has 1 atom stereocenters. The third kappa shape index (κ3) is 2.56. The minimum Gasteiger partial charge on any atom is -0.481 e. The van der Waals surface area contributed by atoms with E-state index in [0.29, 0.717) is 5.69 Å². The van der Waals surface area contributed by atoms with E-state index in [-0.39, 0.29) is 6.42 Å². The maximum absolute atomic E-state index is 12.3. The number of carbonyl (C=O) groups is 3. The smallest absolute Gasteiger partial charge is 0.305 e. The van der Waals surface area contributed by atoms with Crippen LogP contribution >= 0.6 is 11.8 Å². The Hall–Kier alpha value is -1.82. The largest absolute Gasteiger partial charge is 0.481 e. The number of rotatable bonds is 3. The molecule has 106 valence electrons. The van der Waals surface area contributed by atoms with Crippen molar-refractivity contribution in [1.29, 1.82) is 0 Å². The number of carboxylic acid groups (broad SMARTS) is 1. The van der Waals surface area contributed by atoms with Gasteiger partial charge in [-0.1, -0.05) is 17.7 Å². The Morgan fingerprint density at radius 2 is 1.80 bits per heavy atom. The lowest BCUT2D eigenvalue weighted by Crippen LogP contribution is -2.33. The van der Waals surface area contributed by atoms with Crippen LogP contribution in [0.1, 0.15) is 23.1 Å². The molecule has 1 heterocycles. The molecular formula is C14H15NO4S. The van der Waals surface area contributed by atoms with E-state index in [4.69, 9.17) is 5.11 Å². The van der Waals surface area contributed by atoms with Gasteiger partial charge in [0, 0.05) is 0 Å². The number of aliphatic carboxylic acids is 1. The standard InChI is InChI=1S/C14H15NO4S/c1-7-4-8(2)12(9(3)5-7)15-13(18)10(6-11(16)17)20-14(15)19/h4-5,10H,6H2,1-3H3,(H,16,17)/t10-/m1/s1. The lowest BCUT2D eigenvalue weighted by molar-refractivity contribution is -0.138. The Labute approximate surface area is 121 Å². The molecule has 0 unspecified atom stereocenters. The summed E-state index contributed by atoms with van der Waals surface area (Å²) in [6, 6.07) is 3.80. The van der Waals surface area contributed by atoms with Crippen molar-refractivity contribution in [3.8, 4) is 0 Å². The van der Waals surface area contributed by atoms with Crippen molar-refractivity contribution in [2.75, 3.05) is 4.90 Å². The molecule has 1 aliphatic rings. The molecule has 2 amide bonds. The highest BCUT2D eigenvalue weighted by atomic mass is 32.2. The fourth-order valence-corrected chi connectivity index (χ4v) is 3.44. The van der Waals surface area contributed by atoms with E-state index < -0.39 is 22.4 Å². The summed E-state index contributed by atoms with van der Waals surface area (Å²) in [6.45, 7) is 5.62. The topological polar surface area (TPSA) is 74.7 Å². The van der Waals surface area contributed by atoms with Crippen LogP contribution < -0.4 is 4.90 Å². The van der Waals surface area contributed by atoms with Crippen molar-refractivity contribution in [3.63, 3.8) is 0 Å². The van der Waals surface area contributed by atoms with Gasteiger partial charge >= 0.3 is 5.97 Å². The molecule has 1 aromatic rings. The van der Waals surface area contributed by atoms with Gasteiger partial charge < -0.3 is 5.11 Å². The molecule has 1 N–H and O–H groups in total. The van der Waals surface area contributed by atoms with Gasteiger partial charge in [0.05, 0.1) is 12.1 Å². The molecule has 1 aliphatic heterocycles. The lowest BCUT2D eigenvalue weighted by Gasteiger charge is -2.19. The van der Waals surface area contributed by atoms with Gasteiger partial charge in [-0.15, -0.1) is 0 Å². The van der Waals surface area contributed by atoms with Crippen LogP contribution in [0, 0.1) is 20.8 Å². The van der Waals surface area contributed by atoms with Crippen molar-refractivity contribution in [3.05, 3.63) is 28.8 Å². The molecular weight excluding hydrogens is 278 g/mol. The summed E-state index contributed by atoms with van der Waals surface area (Å²) in [5, 5.41) is 7.55. The Morgan fingerprint density at radius 1 is 1.25 bits per heavy atom. The quantitative estimate of drug-likeness (QED) is 0.927. The van der Waals surface area contributed by atoms with Crippen LogP contribution in [0.15, 0.2) is 12.1 Å². The number of thioether (sulfide) groups is 1. The van der Waals surface area contributed by atoms with Crippen molar-refractivity contribution in [2.45, 2.75) is 32.4 Å². The summed E-state index contributed by atoms with van der Waals surface area (Å²) in [7, 11) is 0. The zero-order chi connectivity index (χ0) is 15.0. The Bertz CT molecular complexity index is 588. The number of carbonyl (C=O) groups excluding carboxylic acids is 2. The molecule has 1 fully saturated rings. The first-order chi connectivity index (χ1) is 9.31. The summed E-state index contributed by atoms with van der Waals surface area (Å²) in [4.78, 5) is 36.2. The van der Waals surface area contributed by atoms with E-state index >= 15 is 0 Å². The number of aryl methyl sites for hydroxylation is 3. The van der Waals surface area contributed by atoms with Gasteiger partial charge in [0.2, 0.25) is 5.91 Å². The first-order valence-corrected chi connectivity index (χ1v) is 7.03. The van der Waals surface area contributed by atoms with Crippen molar-refractivity contribution < 1.29 is 19.5 Å². The number of amides is 2. The molecule has 2 rings (SSSR count). The molecule has 0 aliphatic carbocycles. The van der Waals surface area contributed by atoms with E-state index in [1.54, 1.807) is 0 Å². The van der Waals surface area contributed by atoms with Gasteiger partial charge in [-0.3, -0.25) is 14.4 Å². The number of imide groups is 1. The molecule has 1 saturated heterocycles. The van der Waals surface area contributed by atoms with Crippen LogP contribution in [0.3, 0.4) is 0 Å². The normalized spacial score (nSPS) is 18.8. The van der Waals surface area contributed by atoms with Gasteiger partial charge in [-0.25, -0.2) is 4.90 Å². The zero-order valence-corrected chi connectivity index (χ0v) is 12.3. The maximum Gasteiger partial charge on any atom is 0.305 e. The average molecular weight is 293 g/mol. The van der Waals surface area contributed by atoms with Crippen molar-refractivity contribution >= 4 is 34.6 Å². The molecule has 0 saturated carbocycles. The van der Waals surface area contributed by atoms with Gasteiger partial charge in [-0.05, 0) is 43.7 Å². The minimum atomic E-state index is -1.08. The second-order valence-electron chi connectivity index (χ2n) is 4.89. The SMILES string of the molecule is Cc1cc(C)c(N2C(=O)S[C@H](CC(=O)O)C2=O)c(C)c1. The van der Waals surface area contributed by atoms with Crippen molar-refractivity contribution in [1.82, 2.24) is 0 Å². The third-order valence-electron chi connectivity index (χ3n) is 3.14. The highest BCUT2D eigenvalue weighted by Gasteiger charge is 2.42. The van der Waals surface area contributed by atoms with Gasteiger partial charge in [-0.2, -0.15) is 0 Å². The average Bonchev–Trinajstić information content (AvgIpc) is 2.54. The second-order valence-corrected chi connectivity index (χ2v) is 6.05. The summed E-state index contributed by atoms with van der Waals surface area (Å²) in [5.41, 5.74) is 3.30. The predicted molar refractivity (Wildman–Crippen MR) is 77.2 cm³/mol. The third-order valence-corrected chi connectivity index (χ3v) is 4.18. The number of anilines is 1. The van der Waals surface area contributed by atoms with E-state index in [2.05, 4.69) is 0 Å². The fraction of sp³-hybridized carbons (Fsp3) is 0.357. The number of hydrogen-bond donors (Lipinski definition) is 1. The van der Waals surface area contributed by atoms with Crippen LogP contribution in [0.4, 0.5) is 10.5 Å². The zero-order valence-electron chi connectivity index (χ0n) is 11.5. The van der Waals surface area contributed by atoms with Crippen LogP contribution in [0.25, 0.3) is 0 Å². The number of nitrogens with zero attached hydrogens (tertiary/aromatic N) is 1. The summed E-state index contributed by atoms with van der Waals surface area (Å²) < 4.78 is 0. The predicted octanol–water partition coefficient (Wildman–Crippen LogP) is 2.65. The summed E-state index contributed by atoms with van der Waals surface area (Å²) in [6.07, 6.45) is -0.338. The van der Waals surface area contributed by atoms with Crippen LogP contribution in [-0.2, 0) is 9.59 Å². The van der Waals surface area contributed by atoms with E-state index in [0.717, 1.165) is 33.4 Å². The van der Waals surface area contributed by atoms with Gasteiger partial charge in [0.25, 0.3) is 5.24 Å². The first kappa shape index (κ1) is 14.6. The molecule has 0 spiro atoms. The molecule has 0 radical (unpaired) electrons. The maximum atomic E-state index is 12.3. The Balaban J connectivity index is 2.41. The number of carboxylic acids is 1. The Morgan fingerprint density at radius 3 is 2.30 bits per heavy atom. The van der Waals surface area contributed by atoms with Gasteiger partial charge in [0.1, 0.15) is 5.25 Å². The van der Waals surface area contributed by atoms with E-state index in [1.165, 1.54) is 0 Å². The highest BCUT2D eigenvalue weighted by Crippen LogP contribution is 2.37. The van der Waals surface area contributed by atoms with E-state index in [1.807, 2.05) is 32.9 Å². The minimum absolute atomic E-state index is 0.338. The molecule has 0 aromatic heterocycles.